The number of benzene rings is 2. The summed E-state index contributed by atoms with van der Waals surface area (Å²) >= 11 is 0. The van der Waals surface area contributed by atoms with Gasteiger partial charge in [-0.05, 0) is 67.5 Å². The average molecular weight is 547 g/mol. The first-order chi connectivity index (χ1) is 16.7. The molecule has 0 saturated heterocycles. The molecule has 0 aliphatic heterocycles. The third kappa shape index (κ3) is 9.39. The maximum Gasteiger partial charge on any atom is 0.125 e. The molecule has 0 unspecified atom stereocenters. The molecule has 0 spiro atoms. The first-order valence-corrected chi connectivity index (χ1v) is 15.6. The van der Waals surface area contributed by atoms with Crippen molar-refractivity contribution < 1.29 is 34.9 Å². The van der Waals surface area contributed by atoms with E-state index in [4.69, 9.17) is 0 Å². The minimum absolute atomic E-state index is 0.0792. The van der Waals surface area contributed by atoms with Crippen molar-refractivity contribution in [3.8, 4) is 0 Å². The van der Waals surface area contributed by atoms with Gasteiger partial charge in [-0.15, -0.1) is 0 Å². The van der Waals surface area contributed by atoms with Gasteiger partial charge in [-0.25, -0.2) is 16.8 Å². The standard InChI is InChI=1S/C10H8O6S2.2C8H20N/c11-17(12,13)9-5-1-3-7-8(9)4-2-6-10(7)18(14,15)16;2*1-5-9(6-2,7-3)8-4/h1-6H,(H,11,12,13)(H,14,15,16);2*5-8H2,1-4H3/q;2*+1/p-2. The third-order valence-corrected chi connectivity index (χ3v) is 9.54. The predicted octanol–water partition coefficient (Wildman–Crippen LogP) is 4.41. The fourth-order valence-electron chi connectivity index (χ4n) is 4.37. The van der Waals surface area contributed by atoms with Gasteiger partial charge in [-0.3, -0.25) is 0 Å². The second-order valence-corrected chi connectivity index (χ2v) is 11.4. The van der Waals surface area contributed by atoms with Crippen molar-refractivity contribution in [3.63, 3.8) is 0 Å². The Balaban J connectivity index is 0.000000577. The number of hydrogen-bond acceptors (Lipinski definition) is 6. The second-order valence-electron chi connectivity index (χ2n) is 8.73. The van der Waals surface area contributed by atoms with Crippen LogP contribution in [-0.4, -0.2) is 87.3 Å². The summed E-state index contributed by atoms with van der Waals surface area (Å²) in [5.74, 6) is 0. The van der Waals surface area contributed by atoms with E-state index in [0.29, 0.717) is 0 Å². The van der Waals surface area contributed by atoms with Crippen LogP contribution in [0.1, 0.15) is 55.4 Å². The molecule has 0 aliphatic carbocycles. The van der Waals surface area contributed by atoms with E-state index in [9.17, 15) is 25.9 Å². The van der Waals surface area contributed by atoms with Gasteiger partial charge in [0.2, 0.25) is 0 Å². The van der Waals surface area contributed by atoms with Crippen molar-refractivity contribution >= 4 is 31.0 Å². The van der Waals surface area contributed by atoms with Gasteiger partial charge in [0.1, 0.15) is 20.2 Å². The molecular formula is C26H46N2O6S2. The molecule has 0 heterocycles. The van der Waals surface area contributed by atoms with Crippen LogP contribution >= 0.6 is 0 Å². The van der Waals surface area contributed by atoms with Crippen LogP contribution < -0.4 is 0 Å². The van der Waals surface area contributed by atoms with E-state index in [1.807, 2.05) is 0 Å². The summed E-state index contributed by atoms with van der Waals surface area (Å²) in [5, 5.41) is -0.158. The van der Waals surface area contributed by atoms with E-state index in [-0.39, 0.29) is 10.8 Å². The van der Waals surface area contributed by atoms with E-state index in [1.54, 1.807) is 0 Å². The Morgan fingerprint density at radius 1 is 0.500 bits per heavy atom. The topological polar surface area (TPSA) is 114 Å². The van der Waals surface area contributed by atoms with E-state index in [2.05, 4.69) is 55.4 Å². The van der Waals surface area contributed by atoms with Crippen LogP contribution in [0.2, 0.25) is 0 Å². The summed E-state index contributed by atoms with van der Waals surface area (Å²) in [4.78, 5) is -1.10. The quantitative estimate of drug-likeness (QED) is 0.322. The minimum atomic E-state index is -4.74. The Morgan fingerprint density at radius 2 is 0.722 bits per heavy atom. The van der Waals surface area contributed by atoms with Crippen LogP contribution in [0.3, 0.4) is 0 Å². The van der Waals surface area contributed by atoms with Crippen molar-refractivity contribution in [2.75, 3.05) is 52.4 Å². The van der Waals surface area contributed by atoms with Gasteiger partial charge in [0.25, 0.3) is 0 Å². The molecule has 0 atom stereocenters. The zero-order valence-corrected chi connectivity index (χ0v) is 24.9. The highest BCUT2D eigenvalue weighted by Crippen LogP contribution is 2.27. The molecule has 0 fully saturated rings. The molecule has 36 heavy (non-hydrogen) atoms. The van der Waals surface area contributed by atoms with E-state index >= 15 is 0 Å². The highest BCUT2D eigenvalue weighted by Gasteiger charge is 2.17. The normalized spacial score (nSPS) is 12.4. The van der Waals surface area contributed by atoms with Crippen molar-refractivity contribution in [1.29, 1.82) is 0 Å². The summed E-state index contributed by atoms with van der Waals surface area (Å²) in [6.07, 6.45) is 0. The summed E-state index contributed by atoms with van der Waals surface area (Å²) in [6.45, 7) is 28.4. The number of fused-ring (bicyclic) bond motifs is 1. The second kappa shape index (κ2) is 15.0. The van der Waals surface area contributed by atoms with Gasteiger partial charge in [0.15, 0.2) is 0 Å². The van der Waals surface area contributed by atoms with Crippen LogP contribution in [0.25, 0.3) is 10.8 Å². The summed E-state index contributed by atoms with van der Waals surface area (Å²) < 4.78 is 68.7. The fourth-order valence-corrected chi connectivity index (χ4v) is 5.76. The highest BCUT2D eigenvalue weighted by molar-refractivity contribution is 7.86. The summed E-state index contributed by atoms with van der Waals surface area (Å²) in [5.41, 5.74) is 0. The molecule has 2 rings (SSSR count). The number of nitrogens with zero attached hydrogens (tertiary/aromatic N) is 2. The lowest BCUT2D eigenvalue weighted by molar-refractivity contribution is -0.921. The SMILES string of the molecule is CC[N+](CC)(CC)CC.CC[N+](CC)(CC)CC.O=S(=O)([O-])c1cccc2c(S(=O)(=O)[O-])cccc12. The highest BCUT2D eigenvalue weighted by atomic mass is 32.2. The Hall–Kier alpha value is -1.56. The zero-order chi connectivity index (χ0) is 28.2. The molecular weight excluding hydrogens is 500 g/mol. The maximum absolute atomic E-state index is 11.0. The van der Waals surface area contributed by atoms with Crippen molar-refractivity contribution in [1.82, 2.24) is 0 Å². The van der Waals surface area contributed by atoms with E-state index in [1.165, 1.54) is 85.6 Å². The molecule has 0 bridgehead atoms. The van der Waals surface area contributed by atoms with Crippen molar-refractivity contribution in [3.05, 3.63) is 36.4 Å². The first-order valence-electron chi connectivity index (χ1n) is 12.8. The minimum Gasteiger partial charge on any atom is -0.744 e. The largest absolute Gasteiger partial charge is 0.744 e. The first kappa shape index (κ1) is 34.4. The van der Waals surface area contributed by atoms with Gasteiger partial charge in [-0.1, -0.05) is 24.3 Å². The lowest BCUT2D eigenvalue weighted by atomic mass is 10.1. The van der Waals surface area contributed by atoms with Crippen molar-refractivity contribution in [2.24, 2.45) is 0 Å². The lowest BCUT2D eigenvalue weighted by Gasteiger charge is -2.34. The Labute approximate surface area is 219 Å². The molecule has 0 N–H and O–H groups in total. The van der Waals surface area contributed by atoms with Gasteiger partial charge in [0.05, 0.1) is 62.1 Å². The monoisotopic (exact) mass is 546 g/mol. The molecule has 0 amide bonds. The molecule has 0 saturated carbocycles. The molecule has 0 aromatic heterocycles. The van der Waals surface area contributed by atoms with Crippen LogP contribution in [-0.2, 0) is 20.2 Å². The maximum atomic E-state index is 11.0. The van der Waals surface area contributed by atoms with Crippen LogP contribution in [0, 0.1) is 0 Å². The van der Waals surface area contributed by atoms with Crippen LogP contribution in [0.4, 0.5) is 0 Å². The summed E-state index contributed by atoms with van der Waals surface area (Å²) in [7, 11) is -9.48. The van der Waals surface area contributed by atoms with Gasteiger partial charge in [0, 0.05) is 10.8 Å². The predicted molar refractivity (Wildman–Crippen MR) is 145 cm³/mol. The lowest BCUT2D eigenvalue weighted by Crippen LogP contribution is -2.47. The fraction of sp³-hybridized carbons (Fsp3) is 0.615. The Bertz CT molecular complexity index is 1010. The van der Waals surface area contributed by atoms with E-state index in [0.717, 1.165) is 12.1 Å². The van der Waals surface area contributed by atoms with Crippen molar-refractivity contribution in [2.45, 2.75) is 65.2 Å². The molecule has 0 aliphatic rings. The number of hydrogen-bond donors (Lipinski definition) is 0. The molecule has 10 heteroatoms. The van der Waals surface area contributed by atoms with Gasteiger partial charge in [-0.2, -0.15) is 0 Å². The number of quaternary nitrogens is 2. The summed E-state index contributed by atoms with van der Waals surface area (Å²) in [6, 6.07) is 7.09. The van der Waals surface area contributed by atoms with Gasteiger partial charge < -0.3 is 18.1 Å². The smallest absolute Gasteiger partial charge is 0.125 e. The zero-order valence-electron chi connectivity index (χ0n) is 23.3. The molecule has 0 radical (unpaired) electrons. The van der Waals surface area contributed by atoms with E-state index < -0.39 is 30.0 Å². The molecule has 2 aromatic rings. The van der Waals surface area contributed by atoms with Crippen LogP contribution in [0.15, 0.2) is 46.2 Å². The molecule has 208 valence electrons. The molecule has 8 nitrogen and oxygen atoms in total. The van der Waals surface area contributed by atoms with Gasteiger partial charge >= 0.3 is 0 Å². The average Bonchev–Trinajstić information content (AvgIpc) is 2.86. The Kier molecular flexibility index (Phi) is 14.3. The molecule has 2 aromatic carbocycles. The third-order valence-electron chi connectivity index (χ3n) is 7.75. The van der Waals surface area contributed by atoms with Crippen LogP contribution in [0.5, 0.6) is 0 Å². The Morgan fingerprint density at radius 3 is 0.861 bits per heavy atom. The number of rotatable bonds is 10.